The van der Waals surface area contributed by atoms with Crippen LogP contribution in [0.1, 0.15) is 68.6 Å². The molecule has 1 spiro atoms. The molecule has 6 rings (SSSR count). The molecule has 0 bridgehead atoms. The van der Waals surface area contributed by atoms with Crippen molar-refractivity contribution in [2.24, 2.45) is 10.4 Å². The first-order chi connectivity index (χ1) is 21.3. The van der Waals surface area contributed by atoms with Crippen LogP contribution in [0.15, 0.2) is 46.0 Å². The molecule has 9 nitrogen and oxygen atoms in total. The van der Waals surface area contributed by atoms with Crippen molar-refractivity contribution in [2.45, 2.75) is 83.0 Å². The number of likely N-dealkylation sites (tertiary alicyclic amines) is 2. The fraction of sp³-hybridized carbons (Fsp3) is 0.562. The van der Waals surface area contributed by atoms with Crippen LogP contribution < -0.4 is 5.32 Å². The van der Waals surface area contributed by atoms with Gasteiger partial charge in [-0.25, -0.2) is 22.9 Å². The smallest absolute Gasteiger partial charge is 0.338 e. The second kappa shape index (κ2) is 11.5. The maximum absolute atomic E-state index is 16.0. The molecular formula is C32H38F3N5O4S. The number of hydrogen-bond donors (Lipinski definition) is 2. The summed E-state index contributed by atoms with van der Waals surface area (Å²) >= 11 is 1.33. The Morgan fingerprint density at radius 2 is 2.02 bits per heavy atom. The molecule has 1 aliphatic carbocycles. The summed E-state index contributed by atoms with van der Waals surface area (Å²) in [7, 11) is 0. The highest BCUT2D eigenvalue weighted by Gasteiger charge is 2.69. The van der Waals surface area contributed by atoms with Crippen LogP contribution in [0.25, 0.3) is 0 Å². The number of thiazole rings is 1. The number of carbonyl (C=O) groups excluding carboxylic acids is 1. The fourth-order valence-corrected chi connectivity index (χ4v) is 7.69. The van der Waals surface area contributed by atoms with Crippen molar-refractivity contribution in [3.8, 4) is 0 Å². The third kappa shape index (κ3) is 5.67. The summed E-state index contributed by atoms with van der Waals surface area (Å²) in [6.45, 7) is 6.37. The molecule has 45 heavy (non-hydrogen) atoms. The van der Waals surface area contributed by atoms with Gasteiger partial charge in [0.15, 0.2) is 10.8 Å². The molecule has 4 heterocycles. The number of amidine groups is 1. The third-order valence-electron chi connectivity index (χ3n) is 9.82. The van der Waals surface area contributed by atoms with Crippen LogP contribution in [0.4, 0.5) is 13.2 Å². The summed E-state index contributed by atoms with van der Waals surface area (Å²) in [6, 6.07) is 2.07. The number of alkyl halides is 2. The second-order valence-corrected chi connectivity index (χ2v) is 14.0. The van der Waals surface area contributed by atoms with Crippen molar-refractivity contribution >= 4 is 29.1 Å². The fourth-order valence-electron chi connectivity index (χ4n) is 7.10. The van der Waals surface area contributed by atoms with Crippen molar-refractivity contribution < 1.29 is 32.6 Å². The minimum atomic E-state index is -3.06. The number of carbonyl (C=O) groups is 2. The van der Waals surface area contributed by atoms with Crippen LogP contribution in [0.2, 0.25) is 0 Å². The lowest BCUT2D eigenvalue weighted by atomic mass is 9.89. The SMILES string of the molecule is CCOC(=O)C1=C(CN2CC(F)(F)C3C2CC2(CC2)N3CCC(C)(C)C(=O)O)NC(c2nccs2)=NC1c1cccc(F)c1C. The van der Waals surface area contributed by atoms with E-state index in [1.165, 1.54) is 17.4 Å². The Morgan fingerprint density at radius 3 is 2.67 bits per heavy atom. The summed E-state index contributed by atoms with van der Waals surface area (Å²) in [4.78, 5) is 38.2. The van der Waals surface area contributed by atoms with E-state index < -0.39 is 53.8 Å². The predicted molar refractivity (Wildman–Crippen MR) is 163 cm³/mol. The van der Waals surface area contributed by atoms with Gasteiger partial charge >= 0.3 is 11.9 Å². The molecular weight excluding hydrogens is 607 g/mol. The number of esters is 1. The van der Waals surface area contributed by atoms with Crippen LogP contribution in [-0.2, 0) is 14.3 Å². The third-order valence-corrected chi connectivity index (χ3v) is 10.6. The highest BCUT2D eigenvalue weighted by Crippen LogP contribution is 2.58. The number of benzene rings is 1. The van der Waals surface area contributed by atoms with Crippen LogP contribution in [0.3, 0.4) is 0 Å². The minimum absolute atomic E-state index is 0.00922. The number of aromatic nitrogens is 1. The van der Waals surface area contributed by atoms with E-state index in [2.05, 4.69) is 10.3 Å². The van der Waals surface area contributed by atoms with Crippen LogP contribution in [0, 0.1) is 18.2 Å². The Hall–Kier alpha value is -3.29. The summed E-state index contributed by atoms with van der Waals surface area (Å²) in [5.74, 6) is -4.75. The molecule has 2 saturated heterocycles. The van der Waals surface area contributed by atoms with Crippen LogP contribution in [0.5, 0.6) is 0 Å². The monoisotopic (exact) mass is 645 g/mol. The van der Waals surface area contributed by atoms with Crippen LogP contribution >= 0.6 is 11.3 Å². The summed E-state index contributed by atoms with van der Waals surface area (Å²) in [6.07, 6.45) is 3.98. The van der Waals surface area contributed by atoms with Gasteiger partial charge in [0, 0.05) is 41.9 Å². The number of carboxylic acid groups (broad SMARTS) is 1. The minimum Gasteiger partial charge on any atom is -0.481 e. The molecule has 242 valence electrons. The zero-order chi connectivity index (χ0) is 32.3. The summed E-state index contributed by atoms with van der Waals surface area (Å²) in [5.41, 5.74) is -0.0967. The van der Waals surface area contributed by atoms with E-state index in [4.69, 9.17) is 9.73 Å². The average molecular weight is 646 g/mol. The Balaban J connectivity index is 1.38. The van der Waals surface area contributed by atoms with Gasteiger partial charge in [0.2, 0.25) is 0 Å². The first-order valence-corrected chi connectivity index (χ1v) is 16.2. The highest BCUT2D eigenvalue weighted by atomic mass is 32.1. The molecule has 13 heteroatoms. The number of fused-ring (bicyclic) bond motifs is 1. The maximum Gasteiger partial charge on any atom is 0.338 e. The van der Waals surface area contributed by atoms with Gasteiger partial charge in [0.25, 0.3) is 5.92 Å². The largest absolute Gasteiger partial charge is 0.481 e. The Labute approximate surface area is 264 Å². The number of nitrogens with zero attached hydrogens (tertiary/aromatic N) is 4. The predicted octanol–water partition coefficient (Wildman–Crippen LogP) is 4.93. The van der Waals surface area contributed by atoms with Crippen molar-refractivity contribution in [1.82, 2.24) is 20.1 Å². The van der Waals surface area contributed by atoms with Gasteiger partial charge in [-0.05, 0) is 70.6 Å². The molecule has 1 aromatic carbocycles. The Bertz CT molecular complexity index is 1560. The van der Waals surface area contributed by atoms with Crippen molar-refractivity contribution in [2.75, 3.05) is 26.2 Å². The molecule has 3 unspecified atom stereocenters. The van der Waals surface area contributed by atoms with Gasteiger partial charge in [-0.2, -0.15) is 0 Å². The molecule has 2 N–H and O–H groups in total. The van der Waals surface area contributed by atoms with E-state index in [1.54, 1.807) is 56.3 Å². The molecule has 1 aromatic heterocycles. The van der Waals surface area contributed by atoms with Gasteiger partial charge in [0.1, 0.15) is 11.9 Å². The lowest BCUT2D eigenvalue weighted by Gasteiger charge is -2.34. The van der Waals surface area contributed by atoms with Crippen molar-refractivity contribution in [3.05, 3.63) is 63.0 Å². The van der Waals surface area contributed by atoms with E-state index in [0.717, 1.165) is 12.8 Å². The molecule has 0 radical (unpaired) electrons. The molecule has 2 aromatic rings. The van der Waals surface area contributed by atoms with E-state index in [1.807, 2.05) is 4.90 Å². The van der Waals surface area contributed by atoms with E-state index in [-0.39, 0.29) is 37.2 Å². The first-order valence-electron chi connectivity index (χ1n) is 15.3. The molecule has 0 amide bonds. The number of aliphatic carboxylic acids is 1. The number of nitrogens with one attached hydrogen (secondary N) is 1. The number of halogens is 3. The first kappa shape index (κ1) is 31.7. The van der Waals surface area contributed by atoms with Crippen LogP contribution in [-0.4, -0.2) is 87.5 Å². The van der Waals surface area contributed by atoms with Gasteiger partial charge in [-0.3, -0.25) is 19.6 Å². The van der Waals surface area contributed by atoms with E-state index in [0.29, 0.717) is 34.1 Å². The van der Waals surface area contributed by atoms with Crippen molar-refractivity contribution in [3.63, 3.8) is 0 Å². The lowest BCUT2D eigenvalue weighted by molar-refractivity contribution is -0.147. The van der Waals surface area contributed by atoms with Gasteiger partial charge < -0.3 is 15.2 Å². The summed E-state index contributed by atoms with van der Waals surface area (Å²) < 4.78 is 52.3. The second-order valence-electron chi connectivity index (χ2n) is 13.1. The zero-order valence-corrected chi connectivity index (χ0v) is 26.6. The van der Waals surface area contributed by atoms with E-state index in [9.17, 15) is 19.1 Å². The molecule has 4 aliphatic rings. The number of aliphatic imine (C=N–C) groups is 1. The molecule has 3 atom stereocenters. The van der Waals surface area contributed by atoms with Gasteiger partial charge in [0.05, 0.1) is 30.2 Å². The lowest BCUT2D eigenvalue weighted by Crippen LogP contribution is -2.49. The van der Waals surface area contributed by atoms with E-state index >= 15 is 8.78 Å². The quantitative estimate of drug-likeness (QED) is 0.351. The topological polar surface area (TPSA) is 107 Å². The number of rotatable bonds is 10. The van der Waals surface area contributed by atoms with Gasteiger partial charge in [-0.15, -0.1) is 11.3 Å². The van der Waals surface area contributed by atoms with Crippen molar-refractivity contribution in [1.29, 1.82) is 0 Å². The number of hydrogen-bond acceptors (Lipinski definition) is 9. The highest BCUT2D eigenvalue weighted by molar-refractivity contribution is 7.11. The number of carboxylic acids is 1. The Kier molecular flexibility index (Phi) is 8.10. The molecule has 1 saturated carbocycles. The summed E-state index contributed by atoms with van der Waals surface area (Å²) in [5, 5.41) is 15.2. The normalized spacial score (nSPS) is 25.7. The number of ether oxygens (including phenoxy) is 1. The standard InChI is InChI=1S/C32H38F3N5O4S/c1-5-44-28(41)23-21(37-26(27-36-12-14-45-27)38-24(23)19-7-6-8-20(33)18(19)2)16-39-17-32(34,35)25-22(39)15-31(9-10-31)40(25)13-11-30(3,4)29(42)43/h6-8,12,14,22,24-25H,5,9-11,13,15-17H2,1-4H3,(H,37,38)(H,42,43). The Morgan fingerprint density at radius 1 is 1.27 bits per heavy atom. The molecule has 3 aliphatic heterocycles. The zero-order valence-electron chi connectivity index (χ0n) is 25.8. The maximum atomic E-state index is 16.0. The molecule has 3 fully saturated rings. The average Bonchev–Trinajstić information content (AvgIpc) is 3.30. The van der Waals surface area contributed by atoms with Gasteiger partial charge in [-0.1, -0.05) is 12.1 Å².